The van der Waals surface area contributed by atoms with Gasteiger partial charge in [-0.25, -0.2) is 8.42 Å². The fourth-order valence-corrected chi connectivity index (χ4v) is 4.42. The Balaban J connectivity index is 2.13. The summed E-state index contributed by atoms with van der Waals surface area (Å²) in [7, 11) is -3.06. The highest BCUT2D eigenvalue weighted by Gasteiger charge is 2.32. The highest BCUT2D eigenvalue weighted by atomic mass is 32.2. The van der Waals surface area contributed by atoms with E-state index in [0.717, 1.165) is 12.1 Å². The van der Waals surface area contributed by atoms with E-state index < -0.39 is 21.6 Å². The quantitative estimate of drug-likeness (QED) is 0.805. The number of ketones is 1. The van der Waals surface area contributed by atoms with E-state index in [1.54, 1.807) is 0 Å². The molecule has 2 rings (SSSR count). The summed E-state index contributed by atoms with van der Waals surface area (Å²) in [6.45, 7) is 1.45. The molecular formula is C14H15F3O3S. The Hall–Kier alpha value is -1.37. The lowest BCUT2D eigenvalue weighted by molar-refractivity contribution is -0.137. The first-order chi connectivity index (χ1) is 9.58. The summed E-state index contributed by atoms with van der Waals surface area (Å²) in [5, 5.41) is 0. The van der Waals surface area contributed by atoms with E-state index in [-0.39, 0.29) is 40.8 Å². The molecule has 0 radical (unpaired) electrons. The number of benzene rings is 1. The van der Waals surface area contributed by atoms with Gasteiger partial charge in [-0.1, -0.05) is 6.07 Å². The van der Waals surface area contributed by atoms with Crippen molar-refractivity contribution in [3.63, 3.8) is 0 Å². The van der Waals surface area contributed by atoms with Gasteiger partial charge in [-0.3, -0.25) is 4.79 Å². The van der Waals surface area contributed by atoms with Crippen molar-refractivity contribution in [1.82, 2.24) is 0 Å². The molecule has 0 spiro atoms. The van der Waals surface area contributed by atoms with Crippen LogP contribution in [0.4, 0.5) is 13.2 Å². The molecule has 0 N–H and O–H groups in total. The summed E-state index contributed by atoms with van der Waals surface area (Å²) in [4.78, 5) is 12.1. The largest absolute Gasteiger partial charge is 0.416 e. The minimum Gasteiger partial charge on any atom is -0.294 e. The van der Waals surface area contributed by atoms with Crippen LogP contribution in [0, 0.1) is 12.8 Å². The summed E-state index contributed by atoms with van der Waals surface area (Å²) in [6.07, 6.45) is -3.94. The molecule has 7 heteroatoms. The van der Waals surface area contributed by atoms with Gasteiger partial charge in [-0.15, -0.1) is 0 Å². The van der Waals surface area contributed by atoms with Gasteiger partial charge in [0.05, 0.1) is 17.1 Å². The van der Waals surface area contributed by atoms with Crippen molar-refractivity contribution in [3.05, 3.63) is 34.9 Å². The Morgan fingerprint density at radius 2 is 2.00 bits per heavy atom. The Kier molecular flexibility index (Phi) is 4.15. The van der Waals surface area contributed by atoms with Crippen molar-refractivity contribution >= 4 is 15.6 Å². The van der Waals surface area contributed by atoms with Gasteiger partial charge in [0.15, 0.2) is 15.6 Å². The molecule has 0 aromatic heterocycles. The zero-order chi connectivity index (χ0) is 15.8. The lowest BCUT2D eigenvalue weighted by Crippen LogP contribution is -2.13. The molecule has 0 amide bonds. The van der Waals surface area contributed by atoms with E-state index >= 15 is 0 Å². The second-order valence-corrected chi connectivity index (χ2v) is 7.65. The van der Waals surface area contributed by atoms with Crippen molar-refractivity contribution in [2.24, 2.45) is 5.92 Å². The zero-order valence-electron chi connectivity index (χ0n) is 11.4. The van der Waals surface area contributed by atoms with Gasteiger partial charge in [0.25, 0.3) is 0 Å². The molecule has 1 fully saturated rings. The second-order valence-electron chi connectivity index (χ2n) is 5.42. The molecule has 0 saturated carbocycles. The molecule has 1 aromatic carbocycles. The van der Waals surface area contributed by atoms with Crippen molar-refractivity contribution < 1.29 is 26.4 Å². The van der Waals surface area contributed by atoms with Crippen LogP contribution >= 0.6 is 0 Å². The molecule has 1 heterocycles. The third-order valence-electron chi connectivity index (χ3n) is 3.65. The molecular weight excluding hydrogens is 305 g/mol. The molecule has 0 aliphatic carbocycles. The van der Waals surface area contributed by atoms with Crippen LogP contribution in [0.15, 0.2) is 18.2 Å². The predicted molar refractivity (Wildman–Crippen MR) is 71.9 cm³/mol. The van der Waals surface area contributed by atoms with E-state index in [2.05, 4.69) is 0 Å². The van der Waals surface area contributed by atoms with Crippen molar-refractivity contribution in [2.75, 3.05) is 11.5 Å². The minimum atomic E-state index is -4.44. The molecule has 1 atom stereocenters. The predicted octanol–water partition coefficient (Wildman–Crippen LogP) is 3.02. The average molecular weight is 320 g/mol. The highest BCUT2D eigenvalue weighted by molar-refractivity contribution is 7.91. The standard InChI is InChI=1S/C14H15F3O3S/c1-9-6-11(14(15,16)17)2-3-12(9)13(18)7-10-4-5-21(19,20)8-10/h2-3,6,10H,4-5,7-8H2,1H3. The maximum absolute atomic E-state index is 12.6. The number of sulfone groups is 1. The van der Waals surface area contributed by atoms with Crippen LogP contribution in [0.5, 0.6) is 0 Å². The maximum atomic E-state index is 12.6. The Morgan fingerprint density at radius 1 is 1.33 bits per heavy atom. The number of rotatable bonds is 3. The molecule has 1 unspecified atom stereocenters. The number of hydrogen-bond donors (Lipinski definition) is 0. The first kappa shape index (κ1) is 16.0. The van der Waals surface area contributed by atoms with Crippen LogP contribution in [-0.4, -0.2) is 25.7 Å². The monoisotopic (exact) mass is 320 g/mol. The van der Waals surface area contributed by atoms with E-state index in [9.17, 15) is 26.4 Å². The van der Waals surface area contributed by atoms with Gasteiger partial charge >= 0.3 is 6.18 Å². The van der Waals surface area contributed by atoms with Gasteiger partial charge < -0.3 is 0 Å². The lowest BCUT2D eigenvalue weighted by Gasteiger charge is -2.12. The van der Waals surface area contributed by atoms with Gasteiger partial charge in [0.1, 0.15) is 0 Å². The number of halogens is 3. The maximum Gasteiger partial charge on any atom is 0.416 e. The van der Waals surface area contributed by atoms with Gasteiger partial charge in [0.2, 0.25) is 0 Å². The topological polar surface area (TPSA) is 51.2 Å². The molecule has 116 valence electrons. The van der Waals surface area contributed by atoms with Crippen molar-refractivity contribution in [2.45, 2.75) is 25.9 Å². The fraction of sp³-hybridized carbons (Fsp3) is 0.500. The SMILES string of the molecule is Cc1cc(C(F)(F)F)ccc1C(=O)CC1CCS(=O)(=O)C1. The average Bonchev–Trinajstić information content (AvgIpc) is 2.67. The Bertz CT molecular complexity index is 663. The van der Waals surface area contributed by atoms with Crippen LogP contribution in [0.1, 0.15) is 34.3 Å². The van der Waals surface area contributed by atoms with E-state index in [0.29, 0.717) is 6.42 Å². The minimum absolute atomic E-state index is 0.0155. The van der Waals surface area contributed by atoms with E-state index in [1.165, 1.54) is 13.0 Å². The molecule has 1 aromatic rings. The van der Waals surface area contributed by atoms with Crippen LogP contribution in [0.2, 0.25) is 0 Å². The molecule has 1 saturated heterocycles. The van der Waals surface area contributed by atoms with Gasteiger partial charge in [-0.2, -0.15) is 13.2 Å². The van der Waals surface area contributed by atoms with Crippen LogP contribution in [0.3, 0.4) is 0 Å². The highest BCUT2D eigenvalue weighted by Crippen LogP contribution is 2.31. The van der Waals surface area contributed by atoms with Crippen LogP contribution in [-0.2, 0) is 16.0 Å². The van der Waals surface area contributed by atoms with Crippen LogP contribution < -0.4 is 0 Å². The van der Waals surface area contributed by atoms with Gasteiger partial charge in [-0.05, 0) is 37.0 Å². The lowest BCUT2D eigenvalue weighted by atomic mass is 9.94. The summed E-state index contributed by atoms with van der Waals surface area (Å²) >= 11 is 0. The van der Waals surface area contributed by atoms with E-state index in [4.69, 9.17) is 0 Å². The van der Waals surface area contributed by atoms with Crippen LogP contribution in [0.25, 0.3) is 0 Å². The third kappa shape index (κ3) is 3.84. The summed E-state index contributed by atoms with van der Waals surface area (Å²) in [5.41, 5.74) is -0.303. The van der Waals surface area contributed by atoms with Gasteiger partial charge in [0, 0.05) is 12.0 Å². The fourth-order valence-electron chi connectivity index (χ4n) is 2.56. The first-order valence-electron chi connectivity index (χ1n) is 6.50. The Labute approximate surface area is 121 Å². The first-order valence-corrected chi connectivity index (χ1v) is 8.32. The number of Topliss-reactive ketones (excluding diaryl/α,β-unsaturated/α-hetero) is 1. The summed E-state index contributed by atoms with van der Waals surface area (Å²) < 4.78 is 60.4. The Morgan fingerprint density at radius 3 is 2.48 bits per heavy atom. The zero-order valence-corrected chi connectivity index (χ0v) is 12.2. The van der Waals surface area contributed by atoms with Crippen molar-refractivity contribution in [3.8, 4) is 0 Å². The summed E-state index contributed by atoms with van der Waals surface area (Å²) in [6, 6.07) is 2.99. The molecule has 1 aliphatic heterocycles. The summed E-state index contributed by atoms with van der Waals surface area (Å²) in [5.74, 6) is -0.470. The molecule has 0 bridgehead atoms. The number of hydrogen-bond acceptors (Lipinski definition) is 3. The van der Waals surface area contributed by atoms with Crippen molar-refractivity contribution in [1.29, 1.82) is 0 Å². The molecule has 3 nitrogen and oxygen atoms in total. The number of carbonyl (C=O) groups is 1. The molecule has 21 heavy (non-hydrogen) atoms. The third-order valence-corrected chi connectivity index (χ3v) is 5.49. The smallest absolute Gasteiger partial charge is 0.294 e. The number of aryl methyl sites for hydroxylation is 1. The van der Waals surface area contributed by atoms with E-state index in [1.807, 2.05) is 0 Å². The second kappa shape index (κ2) is 5.44. The normalized spacial score (nSPS) is 21.4. The number of carbonyl (C=O) groups excluding carboxylic acids is 1. The molecule has 1 aliphatic rings. The number of alkyl halides is 3.